The Labute approximate surface area is 126 Å². The number of anilines is 1. The van der Waals surface area contributed by atoms with Crippen molar-refractivity contribution in [3.05, 3.63) is 52.2 Å². The molecule has 1 N–H and O–H groups in total. The van der Waals surface area contributed by atoms with Crippen LogP contribution >= 0.6 is 0 Å². The van der Waals surface area contributed by atoms with Gasteiger partial charge in [-0.2, -0.15) is 5.10 Å². The second-order valence-electron chi connectivity index (χ2n) is 4.08. The quantitative estimate of drug-likeness (QED) is 0.500. The Balaban J connectivity index is 2.22. The van der Waals surface area contributed by atoms with Crippen LogP contribution < -0.4 is 14.9 Å². The van der Waals surface area contributed by atoms with Crippen LogP contribution in [0.4, 0.5) is 11.5 Å². The summed E-state index contributed by atoms with van der Waals surface area (Å²) < 4.78 is 10.4. The van der Waals surface area contributed by atoms with Crippen LogP contribution in [0.2, 0.25) is 0 Å². The Bertz CT molecular complexity index is 703. The molecule has 114 valence electrons. The van der Waals surface area contributed by atoms with Gasteiger partial charge in [0.15, 0.2) is 11.5 Å². The largest absolute Gasteiger partial charge is 0.493 e. The van der Waals surface area contributed by atoms with Crippen molar-refractivity contribution in [3.63, 3.8) is 0 Å². The van der Waals surface area contributed by atoms with E-state index in [1.165, 1.54) is 38.8 Å². The van der Waals surface area contributed by atoms with Crippen LogP contribution in [0.1, 0.15) is 5.56 Å². The molecule has 0 spiro atoms. The SMILES string of the molecule is COc1cccc(/C=N\Nc2ncccc2[N+](=O)[O-])c1OC. The maximum Gasteiger partial charge on any atom is 0.313 e. The van der Waals surface area contributed by atoms with Crippen molar-refractivity contribution < 1.29 is 14.4 Å². The molecule has 0 radical (unpaired) electrons. The van der Waals surface area contributed by atoms with Crippen molar-refractivity contribution in [3.8, 4) is 11.5 Å². The normalized spacial score (nSPS) is 10.5. The highest BCUT2D eigenvalue weighted by Gasteiger charge is 2.13. The molecule has 0 amide bonds. The summed E-state index contributed by atoms with van der Waals surface area (Å²) in [6.07, 6.45) is 2.91. The lowest BCUT2D eigenvalue weighted by atomic mass is 10.2. The van der Waals surface area contributed by atoms with Crippen LogP contribution in [0.25, 0.3) is 0 Å². The molecule has 2 aromatic rings. The Hall–Kier alpha value is -3.16. The Morgan fingerprint density at radius 3 is 2.77 bits per heavy atom. The number of pyridine rings is 1. The molecule has 0 fully saturated rings. The van der Waals surface area contributed by atoms with Crippen molar-refractivity contribution in [2.45, 2.75) is 0 Å². The lowest BCUT2D eigenvalue weighted by Gasteiger charge is -2.09. The molecule has 0 aliphatic carbocycles. The molecular formula is C14H14N4O4. The number of nitrogens with one attached hydrogen (secondary N) is 1. The number of nitro groups is 1. The molecule has 1 heterocycles. The number of nitrogens with zero attached hydrogens (tertiary/aromatic N) is 3. The third kappa shape index (κ3) is 3.29. The molecule has 0 aliphatic heterocycles. The van der Waals surface area contributed by atoms with Gasteiger partial charge in [0.2, 0.25) is 5.82 Å². The zero-order valence-electron chi connectivity index (χ0n) is 12.0. The topological polar surface area (TPSA) is 98.9 Å². The van der Waals surface area contributed by atoms with E-state index in [1.807, 2.05) is 0 Å². The van der Waals surface area contributed by atoms with Crippen LogP contribution in [-0.4, -0.2) is 30.3 Å². The Morgan fingerprint density at radius 1 is 1.27 bits per heavy atom. The van der Waals surface area contributed by atoms with Gasteiger partial charge in [-0.3, -0.25) is 15.5 Å². The van der Waals surface area contributed by atoms with E-state index in [0.717, 1.165) is 0 Å². The van der Waals surface area contributed by atoms with E-state index < -0.39 is 4.92 Å². The lowest BCUT2D eigenvalue weighted by Crippen LogP contribution is -2.00. The standard InChI is InChI=1S/C14H14N4O4/c1-21-12-7-3-5-10(13(12)22-2)9-16-17-14-11(18(19)20)6-4-8-15-14/h3-9H,1-2H3,(H,15,17)/b16-9-. The summed E-state index contributed by atoms with van der Waals surface area (Å²) >= 11 is 0. The first-order chi connectivity index (χ1) is 10.7. The molecule has 22 heavy (non-hydrogen) atoms. The monoisotopic (exact) mass is 302 g/mol. The zero-order valence-corrected chi connectivity index (χ0v) is 12.0. The highest BCUT2D eigenvalue weighted by Crippen LogP contribution is 2.29. The molecule has 8 heteroatoms. The summed E-state index contributed by atoms with van der Waals surface area (Å²) in [6, 6.07) is 8.15. The number of methoxy groups -OCH3 is 2. The predicted octanol–water partition coefficient (Wildman–Crippen LogP) is 2.45. The number of hydrazone groups is 1. The fraction of sp³-hybridized carbons (Fsp3) is 0.143. The summed E-state index contributed by atoms with van der Waals surface area (Å²) in [5.41, 5.74) is 3.06. The van der Waals surface area contributed by atoms with E-state index in [0.29, 0.717) is 17.1 Å². The molecular weight excluding hydrogens is 288 g/mol. The minimum Gasteiger partial charge on any atom is -0.493 e. The van der Waals surface area contributed by atoms with Crippen LogP contribution in [-0.2, 0) is 0 Å². The van der Waals surface area contributed by atoms with Gasteiger partial charge in [0.1, 0.15) is 0 Å². The second-order valence-corrected chi connectivity index (χ2v) is 4.08. The second kappa shape index (κ2) is 7.02. The van der Waals surface area contributed by atoms with Gasteiger partial charge < -0.3 is 9.47 Å². The van der Waals surface area contributed by atoms with Gasteiger partial charge in [-0.1, -0.05) is 6.07 Å². The van der Waals surface area contributed by atoms with Gasteiger partial charge >= 0.3 is 5.69 Å². The molecule has 0 aliphatic rings. The molecule has 8 nitrogen and oxygen atoms in total. The van der Waals surface area contributed by atoms with Gasteiger partial charge in [0, 0.05) is 17.8 Å². The average molecular weight is 302 g/mol. The van der Waals surface area contributed by atoms with Gasteiger partial charge in [0.05, 0.1) is 25.4 Å². The smallest absolute Gasteiger partial charge is 0.313 e. The predicted molar refractivity (Wildman–Crippen MR) is 81.7 cm³/mol. The highest BCUT2D eigenvalue weighted by molar-refractivity contribution is 5.85. The van der Waals surface area contributed by atoms with E-state index >= 15 is 0 Å². The summed E-state index contributed by atoms with van der Waals surface area (Å²) in [6.45, 7) is 0. The van der Waals surface area contributed by atoms with E-state index in [2.05, 4.69) is 15.5 Å². The Morgan fingerprint density at radius 2 is 2.09 bits per heavy atom. The fourth-order valence-corrected chi connectivity index (χ4v) is 1.81. The minimum absolute atomic E-state index is 0.0608. The molecule has 1 aromatic carbocycles. The summed E-state index contributed by atoms with van der Waals surface area (Å²) in [4.78, 5) is 14.2. The van der Waals surface area contributed by atoms with Crippen molar-refractivity contribution in [2.24, 2.45) is 5.10 Å². The number of benzene rings is 1. The Kier molecular flexibility index (Phi) is 4.86. The van der Waals surface area contributed by atoms with Crippen molar-refractivity contribution in [1.82, 2.24) is 4.98 Å². The van der Waals surface area contributed by atoms with Gasteiger partial charge in [-0.25, -0.2) is 4.98 Å². The number of rotatable bonds is 6. The van der Waals surface area contributed by atoms with Crippen LogP contribution in [0.15, 0.2) is 41.6 Å². The molecule has 0 saturated carbocycles. The first-order valence-electron chi connectivity index (χ1n) is 6.27. The summed E-state index contributed by atoms with van der Waals surface area (Å²) in [5, 5.41) is 14.8. The number of aromatic nitrogens is 1. The summed E-state index contributed by atoms with van der Waals surface area (Å²) in [7, 11) is 3.06. The highest BCUT2D eigenvalue weighted by atomic mass is 16.6. The van der Waals surface area contributed by atoms with Crippen LogP contribution in [0, 0.1) is 10.1 Å². The molecule has 0 bridgehead atoms. The number of hydrogen-bond acceptors (Lipinski definition) is 7. The fourth-order valence-electron chi connectivity index (χ4n) is 1.81. The third-order valence-corrected chi connectivity index (χ3v) is 2.79. The number of ether oxygens (including phenoxy) is 2. The lowest BCUT2D eigenvalue weighted by molar-refractivity contribution is -0.384. The zero-order chi connectivity index (χ0) is 15.9. The maximum atomic E-state index is 10.9. The van der Waals surface area contributed by atoms with Crippen molar-refractivity contribution >= 4 is 17.7 Å². The van der Waals surface area contributed by atoms with Gasteiger partial charge in [0.25, 0.3) is 0 Å². The van der Waals surface area contributed by atoms with Gasteiger partial charge in [-0.15, -0.1) is 0 Å². The molecule has 0 saturated heterocycles. The first kappa shape index (κ1) is 15.2. The van der Waals surface area contributed by atoms with Crippen molar-refractivity contribution in [1.29, 1.82) is 0 Å². The third-order valence-electron chi connectivity index (χ3n) is 2.79. The molecule has 0 atom stereocenters. The molecule has 1 aromatic heterocycles. The first-order valence-corrected chi connectivity index (χ1v) is 6.27. The number of hydrogen-bond donors (Lipinski definition) is 1. The van der Waals surface area contributed by atoms with Crippen LogP contribution in [0.5, 0.6) is 11.5 Å². The molecule has 2 rings (SSSR count). The maximum absolute atomic E-state index is 10.9. The molecule has 0 unspecified atom stereocenters. The van der Waals surface area contributed by atoms with Crippen LogP contribution in [0.3, 0.4) is 0 Å². The summed E-state index contributed by atoms with van der Waals surface area (Å²) in [5.74, 6) is 1.15. The van der Waals surface area contributed by atoms with E-state index in [1.54, 1.807) is 18.2 Å². The van der Waals surface area contributed by atoms with Crippen molar-refractivity contribution in [2.75, 3.05) is 19.6 Å². The minimum atomic E-state index is -0.531. The van der Waals surface area contributed by atoms with E-state index in [9.17, 15) is 10.1 Å². The van der Waals surface area contributed by atoms with Gasteiger partial charge in [-0.05, 0) is 18.2 Å². The number of para-hydroxylation sites is 1. The average Bonchev–Trinajstić information content (AvgIpc) is 2.54. The van der Waals surface area contributed by atoms with E-state index in [-0.39, 0.29) is 11.5 Å². The van der Waals surface area contributed by atoms with E-state index in [4.69, 9.17) is 9.47 Å².